The highest BCUT2D eigenvalue weighted by Gasteiger charge is 2.16. The van der Waals surface area contributed by atoms with Crippen molar-refractivity contribution in [3.63, 3.8) is 0 Å². The summed E-state index contributed by atoms with van der Waals surface area (Å²) >= 11 is 0. The fraction of sp³-hybridized carbons (Fsp3) is 0.455. The van der Waals surface area contributed by atoms with Crippen LogP contribution >= 0.6 is 0 Å². The number of aromatic hydroxyl groups is 1. The topological polar surface area (TPSA) is 83.8 Å². The highest BCUT2D eigenvalue weighted by Crippen LogP contribution is 2.30. The monoisotopic (exact) mass is 406 g/mol. The van der Waals surface area contributed by atoms with Crippen LogP contribution in [0, 0.1) is 0 Å². The van der Waals surface area contributed by atoms with E-state index in [0.717, 1.165) is 18.9 Å². The molecule has 0 bridgehead atoms. The fourth-order valence-corrected chi connectivity index (χ4v) is 3.71. The maximum absolute atomic E-state index is 11.1. The quantitative estimate of drug-likeness (QED) is 0.328. The minimum absolute atomic E-state index is 0.300. The predicted octanol–water partition coefficient (Wildman–Crippen LogP) is 6.11. The second kappa shape index (κ2) is 11.1. The molecule has 28 heavy (non-hydrogen) atoms. The summed E-state index contributed by atoms with van der Waals surface area (Å²) < 4.78 is 37.0. The van der Waals surface area contributed by atoms with E-state index in [-0.39, 0.29) is 0 Å². The molecule has 0 atom stereocenters. The third-order valence-corrected chi connectivity index (χ3v) is 5.56. The van der Waals surface area contributed by atoms with E-state index in [1.807, 2.05) is 18.2 Å². The first-order valence-corrected chi connectivity index (χ1v) is 11.4. The fourth-order valence-electron chi connectivity index (χ4n) is 3.14. The lowest BCUT2D eigenvalue weighted by molar-refractivity contribution is 0.433. The molecule has 0 amide bonds. The Hall–Kier alpha value is -2.05. The standard InChI is InChI=1S/C22H30O5S/c1-2-3-4-5-6-7-8-9-11-18-12-10-13-19(16-18)27-20-14-15-22(21(23)17-20)28(24,25)26/h10,12-17,23H,2-9,11H2,1H3,(H,24,25,26). The molecule has 6 heteroatoms. The Balaban J connectivity index is 1.84. The van der Waals surface area contributed by atoms with Crippen LogP contribution in [0.3, 0.4) is 0 Å². The Labute approximate surface area is 168 Å². The van der Waals surface area contributed by atoms with E-state index >= 15 is 0 Å². The number of ether oxygens (including phenoxy) is 1. The van der Waals surface area contributed by atoms with Gasteiger partial charge < -0.3 is 9.84 Å². The van der Waals surface area contributed by atoms with Crippen molar-refractivity contribution in [2.24, 2.45) is 0 Å². The van der Waals surface area contributed by atoms with E-state index < -0.39 is 20.8 Å². The maximum atomic E-state index is 11.1. The van der Waals surface area contributed by atoms with Crippen molar-refractivity contribution in [1.29, 1.82) is 0 Å². The van der Waals surface area contributed by atoms with Gasteiger partial charge in [0, 0.05) is 6.07 Å². The number of hydrogen-bond acceptors (Lipinski definition) is 4. The van der Waals surface area contributed by atoms with E-state index in [2.05, 4.69) is 13.0 Å². The summed E-state index contributed by atoms with van der Waals surface area (Å²) in [7, 11) is -4.46. The molecule has 2 N–H and O–H groups in total. The second-order valence-electron chi connectivity index (χ2n) is 7.08. The minimum Gasteiger partial charge on any atom is -0.506 e. The summed E-state index contributed by atoms with van der Waals surface area (Å²) in [5, 5.41) is 9.78. The van der Waals surface area contributed by atoms with Crippen molar-refractivity contribution in [3.05, 3.63) is 48.0 Å². The molecule has 0 aromatic heterocycles. The van der Waals surface area contributed by atoms with Crippen molar-refractivity contribution in [2.75, 3.05) is 0 Å². The number of aryl methyl sites for hydroxylation is 1. The molecule has 0 unspecified atom stereocenters. The number of phenols is 1. The first-order chi connectivity index (χ1) is 13.4. The molecule has 0 saturated carbocycles. The van der Waals surface area contributed by atoms with Crippen LogP contribution < -0.4 is 4.74 Å². The molecule has 0 heterocycles. The zero-order valence-corrected chi connectivity index (χ0v) is 17.2. The van der Waals surface area contributed by atoms with Gasteiger partial charge in [0.05, 0.1) is 0 Å². The van der Waals surface area contributed by atoms with E-state index in [1.165, 1.54) is 62.6 Å². The van der Waals surface area contributed by atoms with Gasteiger partial charge >= 0.3 is 0 Å². The number of benzene rings is 2. The third-order valence-electron chi connectivity index (χ3n) is 4.66. The van der Waals surface area contributed by atoms with Crippen molar-refractivity contribution in [1.82, 2.24) is 0 Å². The zero-order chi connectivity index (χ0) is 20.4. The smallest absolute Gasteiger partial charge is 0.298 e. The molecular formula is C22H30O5S. The van der Waals surface area contributed by atoms with E-state index in [4.69, 9.17) is 9.29 Å². The van der Waals surface area contributed by atoms with E-state index in [9.17, 15) is 13.5 Å². The average molecular weight is 407 g/mol. The van der Waals surface area contributed by atoms with Crippen LogP contribution in [0.2, 0.25) is 0 Å². The second-order valence-corrected chi connectivity index (χ2v) is 8.47. The first kappa shape index (κ1) is 22.2. The molecule has 0 saturated heterocycles. The van der Waals surface area contributed by atoms with Crippen LogP contribution in [-0.4, -0.2) is 18.1 Å². The van der Waals surface area contributed by atoms with Crippen molar-refractivity contribution < 1.29 is 22.8 Å². The largest absolute Gasteiger partial charge is 0.506 e. The predicted molar refractivity (Wildman–Crippen MR) is 111 cm³/mol. The lowest BCUT2D eigenvalue weighted by Crippen LogP contribution is -1.98. The molecule has 0 aliphatic carbocycles. The number of unbranched alkanes of at least 4 members (excludes halogenated alkanes) is 7. The van der Waals surface area contributed by atoms with Crippen LogP contribution in [0.4, 0.5) is 0 Å². The Morgan fingerprint density at radius 3 is 2.14 bits per heavy atom. The molecule has 0 spiro atoms. The van der Waals surface area contributed by atoms with Gasteiger partial charge in [0.25, 0.3) is 10.1 Å². The molecule has 0 aliphatic rings. The van der Waals surface area contributed by atoms with Crippen LogP contribution in [0.1, 0.15) is 63.9 Å². The molecule has 2 aromatic rings. The average Bonchev–Trinajstić information content (AvgIpc) is 2.63. The Bertz CT molecular complexity index is 846. The van der Waals surface area contributed by atoms with Crippen LogP contribution in [0.25, 0.3) is 0 Å². The van der Waals surface area contributed by atoms with Gasteiger partial charge in [-0.1, -0.05) is 64.0 Å². The van der Waals surface area contributed by atoms with Gasteiger partial charge in [-0.25, -0.2) is 0 Å². The molecule has 0 radical (unpaired) electrons. The zero-order valence-electron chi connectivity index (χ0n) is 16.4. The van der Waals surface area contributed by atoms with E-state index in [1.54, 1.807) is 0 Å². The van der Waals surface area contributed by atoms with Gasteiger partial charge in [-0.3, -0.25) is 4.55 Å². The van der Waals surface area contributed by atoms with Gasteiger partial charge in [0.15, 0.2) is 0 Å². The molecular weight excluding hydrogens is 376 g/mol. The highest BCUT2D eigenvalue weighted by molar-refractivity contribution is 7.86. The van der Waals surface area contributed by atoms with Gasteiger partial charge in [-0.2, -0.15) is 8.42 Å². The van der Waals surface area contributed by atoms with Crippen molar-refractivity contribution in [3.8, 4) is 17.2 Å². The lowest BCUT2D eigenvalue weighted by Gasteiger charge is -2.09. The van der Waals surface area contributed by atoms with Crippen molar-refractivity contribution >= 4 is 10.1 Å². The Kier molecular flexibility index (Phi) is 8.80. The molecule has 5 nitrogen and oxygen atoms in total. The van der Waals surface area contributed by atoms with Gasteiger partial charge in [-0.05, 0) is 42.7 Å². The minimum atomic E-state index is -4.46. The van der Waals surface area contributed by atoms with Crippen molar-refractivity contribution in [2.45, 2.75) is 69.6 Å². The first-order valence-electron chi connectivity index (χ1n) is 9.97. The Morgan fingerprint density at radius 2 is 1.50 bits per heavy atom. The summed E-state index contributed by atoms with van der Waals surface area (Å²) in [5.74, 6) is 0.375. The maximum Gasteiger partial charge on any atom is 0.298 e. The number of hydrogen-bond donors (Lipinski definition) is 2. The molecule has 0 aliphatic heterocycles. The van der Waals surface area contributed by atoms with Crippen LogP contribution in [0.15, 0.2) is 47.4 Å². The number of rotatable bonds is 12. The Morgan fingerprint density at radius 1 is 0.857 bits per heavy atom. The molecule has 2 aromatic carbocycles. The van der Waals surface area contributed by atoms with Gasteiger partial charge in [0.2, 0.25) is 0 Å². The molecule has 2 rings (SSSR count). The van der Waals surface area contributed by atoms with Crippen LogP contribution in [0.5, 0.6) is 17.2 Å². The summed E-state index contributed by atoms with van der Waals surface area (Å²) in [6.07, 6.45) is 11.2. The summed E-state index contributed by atoms with van der Waals surface area (Å²) in [6, 6.07) is 11.4. The van der Waals surface area contributed by atoms with Gasteiger partial charge in [-0.15, -0.1) is 0 Å². The highest BCUT2D eigenvalue weighted by atomic mass is 32.2. The van der Waals surface area contributed by atoms with E-state index in [0.29, 0.717) is 11.5 Å². The lowest BCUT2D eigenvalue weighted by atomic mass is 10.0. The normalized spacial score (nSPS) is 11.5. The SMILES string of the molecule is CCCCCCCCCCc1cccc(Oc2ccc(S(=O)(=O)O)c(O)c2)c1. The van der Waals surface area contributed by atoms with Crippen LogP contribution in [-0.2, 0) is 16.5 Å². The van der Waals surface area contributed by atoms with Gasteiger partial charge in [0.1, 0.15) is 22.1 Å². The number of phenolic OH excluding ortho intramolecular Hbond substituents is 1. The molecule has 154 valence electrons. The third kappa shape index (κ3) is 7.52. The summed E-state index contributed by atoms with van der Waals surface area (Å²) in [5.41, 5.74) is 1.18. The summed E-state index contributed by atoms with van der Waals surface area (Å²) in [4.78, 5) is -0.539. The summed E-state index contributed by atoms with van der Waals surface area (Å²) in [6.45, 7) is 2.23. The molecule has 0 fully saturated rings.